The van der Waals surface area contributed by atoms with Crippen molar-refractivity contribution in [3.63, 3.8) is 0 Å². The minimum atomic E-state index is -4.77. The van der Waals surface area contributed by atoms with Crippen molar-refractivity contribution in [2.45, 2.75) is 12.4 Å². The summed E-state index contributed by atoms with van der Waals surface area (Å²) >= 11 is 5.99. The van der Waals surface area contributed by atoms with E-state index in [0.29, 0.717) is 0 Å². The van der Waals surface area contributed by atoms with E-state index in [1.54, 1.807) is 18.4 Å². The SMILES string of the molecule is Cl.FC(F)(F)Oc1ccc([C@@H](c2ccco2)N2CCNCC2)cc1Cl. The molecule has 3 rings (SSSR count). The molecule has 1 aromatic heterocycles. The maximum absolute atomic E-state index is 12.4. The molecule has 0 aliphatic carbocycles. The molecule has 0 amide bonds. The third-order valence-corrected chi connectivity index (χ3v) is 4.12. The molecule has 0 spiro atoms. The Morgan fingerprint density at radius 3 is 2.48 bits per heavy atom. The first-order chi connectivity index (χ1) is 11.4. The zero-order valence-electron chi connectivity index (χ0n) is 13.1. The molecule has 1 fully saturated rings. The fourth-order valence-corrected chi connectivity index (χ4v) is 3.06. The van der Waals surface area contributed by atoms with Gasteiger partial charge < -0.3 is 14.5 Å². The van der Waals surface area contributed by atoms with Crippen LogP contribution in [0.1, 0.15) is 17.4 Å². The normalized spacial score (nSPS) is 17.0. The number of piperazine rings is 1. The number of benzene rings is 1. The largest absolute Gasteiger partial charge is 0.573 e. The van der Waals surface area contributed by atoms with Crippen LogP contribution in [0.3, 0.4) is 0 Å². The lowest BCUT2D eigenvalue weighted by molar-refractivity contribution is -0.274. The van der Waals surface area contributed by atoms with Crippen molar-refractivity contribution in [2.75, 3.05) is 26.2 Å². The van der Waals surface area contributed by atoms with Crippen LogP contribution in [0, 0.1) is 0 Å². The Morgan fingerprint density at radius 1 is 1.20 bits per heavy atom. The summed E-state index contributed by atoms with van der Waals surface area (Å²) in [5.41, 5.74) is 0.756. The molecule has 9 heteroatoms. The lowest BCUT2D eigenvalue weighted by Crippen LogP contribution is -2.45. The van der Waals surface area contributed by atoms with Gasteiger partial charge in [0, 0.05) is 26.2 Å². The number of nitrogens with zero attached hydrogens (tertiary/aromatic N) is 1. The Hall–Kier alpha value is -1.41. The van der Waals surface area contributed by atoms with E-state index in [4.69, 9.17) is 16.0 Å². The first-order valence-electron chi connectivity index (χ1n) is 7.47. The van der Waals surface area contributed by atoms with Gasteiger partial charge in [0.1, 0.15) is 11.5 Å². The molecule has 0 unspecified atom stereocenters. The Bertz CT molecular complexity index is 675. The van der Waals surface area contributed by atoms with Crippen LogP contribution < -0.4 is 10.1 Å². The molecule has 2 aromatic rings. The van der Waals surface area contributed by atoms with Gasteiger partial charge in [0.15, 0.2) is 0 Å². The average molecular weight is 397 g/mol. The zero-order valence-corrected chi connectivity index (χ0v) is 14.6. The van der Waals surface area contributed by atoms with Crippen molar-refractivity contribution in [1.29, 1.82) is 0 Å². The van der Waals surface area contributed by atoms with E-state index in [0.717, 1.165) is 37.5 Å². The zero-order chi connectivity index (χ0) is 17.2. The number of furan rings is 1. The van der Waals surface area contributed by atoms with Crippen molar-refractivity contribution in [1.82, 2.24) is 10.2 Å². The van der Waals surface area contributed by atoms with Gasteiger partial charge in [-0.15, -0.1) is 25.6 Å². The standard InChI is InChI=1S/C16H16ClF3N2O2.ClH/c17-12-10-11(3-4-13(12)24-16(18,19)20)15(14-2-1-9-23-14)22-7-5-21-6-8-22;/h1-4,9-10,15,21H,5-8H2;1H/t15-;/m0./s1. The van der Waals surface area contributed by atoms with Crippen LogP contribution in [-0.2, 0) is 0 Å². The van der Waals surface area contributed by atoms with Gasteiger partial charge in [-0.3, -0.25) is 4.90 Å². The lowest BCUT2D eigenvalue weighted by atomic mass is 10.0. The average Bonchev–Trinajstić information content (AvgIpc) is 3.04. The van der Waals surface area contributed by atoms with Gasteiger partial charge in [0.05, 0.1) is 17.3 Å². The number of nitrogens with one attached hydrogen (secondary N) is 1. The minimum absolute atomic E-state index is 0. The molecule has 25 heavy (non-hydrogen) atoms. The van der Waals surface area contributed by atoms with E-state index in [2.05, 4.69) is 15.0 Å². The molecular weight excluding hydrogens is 380 g/mol. The van der Waals surface area contributed by atoms with Crippen LogP contribution in [0.4, 0.5) is 13.2 Å². The Kier molecular flexibility index (Phi) is 6.62. The molecular formula is C16H17Cl2F3N2O2. The molecule has 0 bridgehead atoms. The van der Waals surface area contributed by atoms with E-state index < -0.39 is 12.1 Å². The maximum atomic E-state index is 12.4. The molecule has 138 valence electrons. The van der Waals surface area contributed by atoms with Crippen LogP contribution in [0.25, 0.3) is 0 Å². The van der Waals surface area contributed by atoms with Gasteiger partial charge in [0.2, 0.25) is 0 Å². The van der Waals surface area contributed by atoms with Gasteiger partial charge in [-0.05, 0) is 29.8 Å². The second-order valence-corrected chi connectivity index (χ2v) is 5.85. The first kappa shape index (κ1) is 19.9. The summed E-state index contributed by atoms with van der Waals surface area (Å²) in [7, 11) is 0. The van der Waals surface area contributed by atoms with Gasteiger partial charge in [-0.1, -0.05) is 17.7 Å². The molecule has 1 aromatic carbocycles. The maximum Gasteiger partial charge on any atom is 0.573 e. The highest BCUT2D eigenvalue weighted by atomic mass is 35.5. The molecule has 2 heterocycles. The van der Waals surface area contributed by atoms with E-state index in [1.807, 2.05) is 6.07 Å². The molecule has 1 atom stereocenters. The first-order valence-corrected chi connectivity index (χ1v) is 7.85. The monoisotopic (exact) mass is 396 g/mol. The minimum Gasteiger partial charge on any atom is -0.467 e. The van der Waals surface area contributed by atoms with E-state index in [1.165, 1.54) is 12.1 Å². The quantitative estimate of drug-likeness (QED) is 0.838. The summed E-state index contributed by atoms with van der Waals surface area (Å²) in [4.78, 5) is 2.20. The summed E-state index contributed by atoms with van der Waals surface area (Å²) in [6.45, 7) is 3.26. The number of hydrogen-bond acceptors (Lipinski definition) is 4. The highest BCUT2D eigenvalue weighted by molar-refractivity contribution is 6.32. The molecule has 1 N–H and O–H groups in total. The second kappa shape index (κ2) is 8.31. The van der Waals surface area contributed by atoms with Crippen LogP contribution in [0.15, 0.2) is 41.0 Å². The van der Waals surface area contributed by atoms with Crippen molar-refractivity contribution in [3.05, 3.63) is 52.9 Å². The van der Waals surface area contributed by atoms with E-state index in [9.17, 15) is 13.2 Å². The Balaban J connectivity index is 0.00000225. The summed E-state index contributed by atoms with van der Waals surface area (Å²) in [5, 5.41) is 3.18. The third-order valence-electron chi connectivity index (χ3n) is 3.83. The molecule has 1 aliphatic heterocycles. The predicted octanol–water partition coefficient (Wildman–Crippen LogP) is 4.25. The summed E-state index contributed by atoms with van der Waals surface area (Å²) in [5.74, 6) is 0.309. The lowest BCUT2D eigenvalue weighted by Gasteiger charge is -2.34. The highest BCUT2D eigenvalue weighted by Gasteiger charge is 2.33. The number of hydrogen-bond donors (Lipinski definition) is 1. The highest BCUT2D eigenvalue weighted by Crippen LogP contribution is 2.36. The topological polar surface area (TPSA) is 37.6 Å². The van der Waals surface area contributed by atoms with Crippen molar-refractivity contribution >= 4 is 24.0 Å². The summed E-state index contributed by atoms with van der Waals surface area (Å²) < 4.78 is 46.6. The van der Waals surface area contributed by atoms with Crippen molar-refractivity contribution < 1.29 is 22.3 Å². The van der Waals surface area contributed by atoms with Crippen LogP contribution >= 0.6 is 24.0 Å². The van der Waals surface area contributed by atoms with Gasteiger partial charge >= 0.3 is 6.36 Å². The summed E-state index contributed by atoms with van der Waals surface area (Å²) in [6, 6.07) is 7.75. The smallest absolute Gasteiger partial charge is 0.467 e. The van der Waals surface area contributed by atoms with Crippen LogP contribution in [-0.4, -0.2) is 37.4 Å². The number of rotatable bonds is 4. The van der Waals surface area contributed by atoms with Crippen LogP contribution in [0.5, 0.6) is 5.75 Å². The fraction of sp³-hybridized carbons (Fsp3) is 0.375. The predicted molar refractivity (Wildman–Crippen MR) is 90.4 cm³/mol. The molecule has 1 aliphatic rings. The Morgan fingerprint density at radius 2 is 1.92 bits per heavy atom. The molecule has 4 nitrogen and oxygen atoms in total. The van der Waals surface area contributed by atoms with Gasteiger partial charge in [-0.25, -0.2) is 0 Å². The third kappa shape index (κ3) is 5.04. The molecule has 1 saturated heterocycles. The molecule has 0 saturated carbocycles. The summed E-state index contributed by atoms with van der Waals surface area (Å²) in [6.07, 6.45) is -3.20. The van der Waals surface area contributed by atoms with Crippen molar-refractivity contribution in [3.8, 4) is 5.75 Å². The van der Waals surface area contributed by atoms with Gasteiger partial charge in [-0.2, -0.15) is 0 Å². The number of alkyl halides is 3. The number of halogens is 5. The van der Waals surface area contributed by atoms with Crippen LogP contribution in [0.2, 0.25) is 5.02 Å². The Labute approximate surface area is 154 Å². The number of ether oxygens (including phenoxy) is 1. The van der Waals surface area contributed by atoms with E-state index >= 15 is 0 Å². The van der Waals surface area contributed by atoms with Gasteiger partial charge in [0.25, 0.3) is 0 Å². The molecule has 0 radical (unpaired) electrons. The fourth-order valence-electron chi connectivity index (χ4n) is 2.84. The second-order valence-electron chi connectivity index (χ2n) is 5.44. The van der Waals surface area contributed by atoms with E-state index in [-0.39, 0.29) is 23.5 Å². The van der Waals surface area contributed by atoms with Crippen molar-refractivity contribution in [2.24, 2.45) is 0 Å².